The lowest BCUT2D eigenvalue weighted by Gasteiger charge is -2.14. The number of rotatable bonds is 9. The lowest BCUT2D eigenvalue weighted by molar-refractivity contribution is -0.113. The van der Waals surface area contributed by atoms with Gasteiger partial charge in [0.05, 0.1) is 30.8 Å². The molecule has 0 aliphatic rings. The van der Waals surface area contributed by atoms with Gasteiger partial charge in [0.25, 0.3) is 5.56 Å². The van der Waals surface area contributed by atoms with Gasteiger partial charge in [0.15, 0.2) is 14.8 Å². The maximum absolute atomic E-state index is 14.0. The van der Waals surface area contributed by atoms with E-state index in [-0.39, 0.29) is 17.2 Å². The van der Waals surface area contributed by atoms with Crippen molar-refractivity contribution in [1.82, 2.24) is 14.1 Å². The molecule has 0 saturated carbocycles. The largest absolute Gasteiger partial charge is 0.497 e. The molecule has 2 heterocycles. The minimum Gasteiger partial charge on any atom is -0.497 e. The van der Waals surface area contributed by atoms with Crippen molar-refractivity contribution in [3.05, 3.63) is 92.7 Å². The minimum absolute atomic E-state index is 0.0292. The smallest absolute Gasteiger partial charge is 0.278 e. The Labute approximate surface area is 244 Å². The first-order valence-corrected chi connectivity index (χ1v) is 14.6. The van der Waals surface area contributed by atoms with Crippen LogP contribution in [-0.2, 0) is 4.79 Å². The van der Waals surface area contributed by atoms with Gasteiger partial charge in [0.1, 0.15) is 16.2 Å². The van der Waals surface area contributed by atoms with Crippen molar-refractivity contribution < 1.29 is 14.3 Å². The fourth-order valence-corrected chi connectivity index (χ4v) is 6.21. The number of benzene rings is 3. The normalized spacial score (nSPS) is 11.0. The van der Waals surface area contributed by atoms with Crippen LogP contribution in [0.4, 0.5) is 5.69 Å². The number of fused-ring (bicyclic) bond motifs is 1. The number of hydrogen-bond acceptors (Lipinski definition) is 8. The number of hydrogen-bond donors (Lipinski definition) is 1. The van der Waals surface area contributed by atoms with Crippen LogP contribution in [0.5, 0.6) is 11.5 Å². The SMILES string of the molecule is CCOc1ccccc1-n1c(=S)sc2c(=O)n(-c3ccc(C)cc3)c(SCC(=O)Nc3cccc(OC)c3)nc21. The molecule has 0 spiro atoms. The summed E-state index contributed by atoms with van der Waals surface area (Å²) >= 11 is 8.09. The number of thiazole rings is 1. The number of anilines is 1. The Kier molecular flexibility index (Phi) is 8.34. The third-order valence-electron chi connectivity index (χ3n) is 5.96. The number of nitrogens with zero attached hydrogens (tertiary/aromatic N) is 3. The van der Waals surface area contributed by atoms with Gasteiger partial charge in [-0.25, -0.2) is 4.98 Å². The first-order chi connectivity index (χ1) is 19.4. The van der Waals surface area contributed by atoms with Crippen LogP contribution in [0.25, 0.3) is 21.7 Å². The van der Waals surface area contributed by atoms with Gasteiger partial charge in [-0.15, -0.1) is 0 Å². The molecule has 0 unspecified atom stereocenters. The number of ether oxygens (including phenoxy) is 2. The molecule has 2 aromatic heterocycles. The lowest BCUT2D eigenvalue weighted by Crippen LogP contribution is -2.23. The Morgan fingerprint density at radius 2 is 1.85 bits per heavy atom. The number of aryl methyl sites for hydroxylation is 1. The molecule has 0 aliphatic carbocycles. The number of aromatic nitrogens is 3. The molecule has 8 nitrogen and oxygen atoms in total. The van der Waals surface area contributed by atoms with Crippen molar-refractivity contribution in [2.45, 2.75) is 19.0 Å². The van der Waals surface area contributed by atoms with Crippen molar-refractivity contribution in [2.75, 3.05) is 24.8 Å². The molecule has 5 aromatic rings. The van der Waals surface area contributed by atoms with Crippen LogP contribution in [0.2, 0.25) is 0 Å². The summed E-state index contributed by atoms with van der Waals surface area (Å²) in [6, 6.07) is 22.2. The van der Waals surface area contributed by atoms with E-state index in [1.165, 1.54) is 27.7 Å². The second kappa shape index (κ2) is 12.1. The van der Waals surface area contributed by atoms with E-state index in [0.29, 0.717) is 54.6 Å². The number of carbonyl (C=O) groups excluding carboxylic acids is 1. The number of methoxy groups -OCH3 is 1. The number of thioether (sulfide) groups is 1. The van der Waals surface area contributed by atoms with Crippen molar-refractivity contribution in [3.63, 3.8) is 0 Å². The Hall–Kier alpha value is -3.93. The van der Waals surface area contributed by atoms with Gasteiger partial charge in [-0.1, -0.05) is 59.0 Å². The average Bonchev–Trinajstić information content (AvgIpc) is 3.29. The summed E-state index contributed by atoms with van der Waals surface area (Å²) in [7, 11) is 1.57. The van der Waals surface area contributed by atoms with E-state index in [4.69, 9.17) is 26.7 Å². The van der Waals surface area contributed by atoms with E-state index >= 15 is 0 Å². The van der Waals surface area contributed by atoms with Crippen LogP contribution < -0.4 is 20.3 Å². The summed E-state index contributed by atoms with van der Waals surface area (Å²) in [4.78, 5) is 31.8. The third kappa shape index (κ3) is 5.67. The van der Waals surface area contributed by atoms with E-state index in [1.54, 1.807) is 35.9 Å². The van der Waals surface area contributed by atoms with E-state index < -0.39 is 0 Å². The molecule has 0 saturated heterocycles. The molecule has 204 valence electrons. The van der Waals surface area contributed by atoms with Gasteiger partial charge in [-0.05, 0) is 62.5 Å². The van der Waals surface area contributed by atoms with Crippen molar-refractivity contribution >= 4 is 57.3 Å². The zero-order valence-corrected chi connectivity index (χ0v) is 24.5. The molecule has 5 rings (SSSR count). The van der Waals surface area contributed by atoms with Crippen LogP contribution in [0.1, 0.15) is 12.5 Å². The summed E-state index contributed by atoms with van der Waals surface area (Å²) < 4.78 is 15.3. The molecule has 0 atom stereocenters. The van der Waals surface area contributed by atoms with Gasteiger partial charge < -0.3 is 14.8 Å². The van der Waals surface area contributed by atoms with Crippen molar-refractivity contribution in [3.8, 4) is 22.9 Å². The molecule has 40 heavy (non-hydrogen) atoms. The van der Waals surface area contributed by atoms with E-state index in [9.17, 15) is 9.59 Å². The maximum Gasteiger partial charge on any atom is 0.278 e. The maximum atomic E-state index is 14.0. The Morgan fingerprint density at radius 1 is 1.07 bits per heavy atom. The molecular weight excluding hydrogens is 565 g/mol. The molecule has 0 aliphatic heterocycles. The van der Waals surface area contributed by atoms with Crippen LogP contribution >= 0.6 is 35.3 Å². The highest BCUT2D eigenvalue weighted by molar-refractivity contribution is 7.99. The number of nitrogens with one attached hydrogen (secondary N) is 1. The Bertz CT molecular complexity index is 1810. The zero-order valence-electron chi connectivity index (χ0n) is 22.0. The fourth-order valence-electron chi connectivity index (χ4n) is 4.11. The third-order valence-corrected chi connectivity index (χ3v) is 8.25. The van der Waals surface area contributed by atoms with Crippen LogP contribution in [0.3, 0.4) is 0 Å². The molecule has 0 fully saturated rings. The van der Waals surface area contributed by atoms with Crippen molar-refractivity contribution in [2.24, 2.45) is 0 Å². The molecular formula is C29H26N4O4S3. The molecule has 3 aromatic carbocycles. The van der Waals surface area contributed by atoms with Gasteiger partial charge in [0, 0.05) is 11.8 Å². The molecule has 11 heteroatoms. The molecule has 0 bridgehead atoms. The van der Waals surface area contributed by atoms with Crippen LogP contribution in [-0.4, -0.2) is 39.5 Å². The highest BCUT2D eigenvalue weighted by atomic mass is 32.2. The van der Waals surface area contributed by atoms with Crippen LogP contribution in [0.15, 0.2) is 82.7 Å². The van der Waals surface area contributed by atoms with Crippen LogP contribution in [0, 0.1) is 10.9 Å². The summed E-state index contributed by atoms with van der Waals surface area (Å²) in [5.74, 6) is 1.06. The molecule has 0 radical (unpaired) electrons. The predicted octanol–water partition coefficient (Wildman–Crippen LogP) is 6.41. The van der Waals surface area contributed by atoms with Crippen molar-refractivity contribution in [1.29, 1.82) is 0 Å². The topological polar surface area (TPSA) is 87.4 Å². The van der Waals surface area contributed by atoms with Gasteiger partial charge in [-0.2, -0.15) is 0 Å². The second-order valence-corrected chi connectivity index (χ2v) is 11.3. The summed E-state index contributed by atoms with van der Waals surface area (Å²) in [6.07, 6.45) is 0. The first kappa shape index (κ1) is 27.6. The standard InChI is InChI=1S/C29H26N4O4S3/c1-4-37-23-11-6-5-10-22(23)33-26-25(40-29(33)38)27(35)32(20-14-12-18(2)13-15-20)28(31-26)39-17-24(34)30-19-8-7-9-21(16-19)36-3/h5-16H,4,17H2,1-3H3,(H,30,34). The predicted molar refractivity (Wildman–Crippen MR) is 164 cm³/mol. The first-order valence-electron chi connectivity index (χ1n) is 12.4. The lowest BCUT2D eigenvalue weighted by atomic mass is 10.2. The highest BCUT2D eigenvalue weighted by Gasteiger charge is 2.21. The van der Waals surface area contributed by atoms with Gasteiger partial charge in [-0.3, -0.25) is 18.7 Å². The zero-order chi connectivity index (χ0) is 28.2. The quantitative estimate of drug-likeness (QED) is 0.121. The summed E-state index contributed by atoms with van der Waals surface area (Å²) in [5.41, 5.74) is 3.20. The average molecular weight is 591 g/mol. The van der Waals surface area contributed by atoms with Gasteiger partial charge in [0.2, 0.25) is 5.91 Å². The Balaban J connectivity index is 1.60. The monoisotopic (exact) mass is 590 g/mol. The van der Waals surface area contributed by atoms with E-state index in [1.807, 2.05) is 62.4 Å². The Morgan fingerprint density at radius 3 is 2.60 bits per heavy atom. The van der Waals surface area contributed by atoms with E-state index in [2.05, 4.69) is 5.32 Å². The van der Waals surface area contributed by atoms with Gasteiger partial charge >= 0.3 is 0 Å². The summed E-state index contributed by atoms with van der Waals surface area (Å²) in [5, 5.41) is 3.25. The summed E-state index contributed by atoms with van der Waals surface area (Å²) in [6.45, 7) is 4.36. The number of amides is 1. The number of para-hydroxylation sites is 2. The minimum atomic E-state index is -0.256. The fraction of sp³-hybridized carbons (Fsp3) is 0.172. The molecule has 1 amide bonds. The number of carbonyl (C=O) groups is 1. The molecule has 1 N–H and O–H groups in total. The van der Waals surface area contributed by atoms with E-state index in [0.717, 1.165) is 5.56 Å². The second-order valence-electron chi connectivity index (χ2n) is 8.70. The highest BCUT2D eigenvalue weighted by Crippen LogP contribution is 2.31.